The Balaban J connectivity index is 1.36. The number of benzene rings is 2. The Morgan fingerprint density at radius 1 is 1.06 bits per heavy atom. The second-order valence-corrected chi connectivity index (χ2v) is 8.11. The Hall–Kier alpha value is -4.33. The third kappa shape index (κ3) is 4.71. The molecule has 0 radical (unpaired) electrons. The number of hydrogen-bond acceptors (Lipinski definition) is 7. The van der Waals surface area contributed by atoms with Crippen molar-refractivity contribution >= 4 is 28.6 Å². The molecule has 170 valence electrons. The van der Waals surface area contributed by atoms with Gasteiger partial charge in [0.25, 0.3) is 0 Å². The van der Waals surface area contributed by atoms with Gasteiger partial charge < -0.3 is 15.0 Å². The highest BCUT2D eigenvalue weighted by molar-refractivity contribution is 5.90. The molecular formula is C26H24N6O2. The molecule has 1 aliphatic heterocycles. The number of anilines is 2. The standard InChI is InChI=1S/C26H24N6O2/c1-2-24(33)32-12-6-7-19(16-32)18-10-11-23-22(13-18)25(30-17-29-23)31-26-27-14-21(15-28-26)34-20-8-4-3-5-9-20/h2-5,8-11,13-15,17,19H,1,6-7,12,16H2,(H,27,28,29,30,31). The largest absolute Gasteiger partial charge is 0.454 e. The molecule has 5 rings (SSSR count). The third-order valence-corrected chi connectivity index (χ3v) is 5.88. The molecule has 8 heteroatoms. The monoisotopic (exact) mass is 452 g/mol. The van der Waals surface area contributed by atoms with Crippen molar-refractivity contribution in [1.29, 1.82) is 0 Å². The van der Waals surface area contributed by atoms with Gasteiger partial charge in [-0.3, -0.25) is 4.79 Å². The van der Waals surface area contributed by atoms with Crippen LogP contribution in [0.1, 0.15) is 24.3 Å². The minimum Gasteiger partial charge on any atom is -0.454 e. The van der Waals surface area contributed by atoms with Crippen molar-refractivity contribution in [2.45, 2.75) is 18.8 Å². The van der Waals surface area contributed by atoms with Crippen LogP contribution >= 0.6 is 0 Å². The van der Waals surface area contributed by atoms with Crippen LogP contribution in [0.25, 0.3) is 10.9 Å². The van der Waals surface area contributed by atoms with Crippen LogP contribution in [0.15, 0.2) is 79.9 Å². The van der Waals surface area contributed by atoms with Gasteiger partial charge in [0.1, 0.15) is 17.9 Å². The van der Waals surface area contributed by atoms with E-state index in [0.717, 1.165) is 41.6 Å². The highest BCUT2D eigenvalue weighted by Crippen LogP contribution is 2.31. The summed E-state index contributed by atoms with van der Waals surface area (Å²) in [4.78, 5) is 31.5. The number of aromatic nitrogens is 4. The van der Waals surface area contributed by atoms with E-state index in [-0.39, 0.29) is 11.8 Å². The summed E-state index contributed by atoms with van der Waals surface area (Å²) < 4.78 is 5.76. The zero-order chi connectivity index (χ0) is 23.3. The molecule has 1 saturated heterocycles. The Morgan fingerprint density at radius 2 is 1.88 bits per heavy atom. The maximum atomic E-state index is 12.1. The van der Waals surface area contributed by atoms with Gasteiger partial charge in [-0.05, 0) is 48.7 Å². The zero-order valence-corrected chi connectivity index (χ0v) is 18.6. The fourth-order valence-electron chi connectivity index (χ4n) is 4.17. The van der Waals surface area contributed by atoms with Gasteiger partial charge in [-0.2, -0.15) is 0 Å². The van der Waals surface area contributed by atoms with Crippen LogP contribution in [0.4, 0.5) is 11.8 Å². The van der Waals surface area contributed by atoms with E-state index in [2.05, 4.69) is 44.0 Å². The predicted molar refractivity (Wildman–Crippen MR) is 130 cm³/mol. The fourth-order valence-corrected chi connectivity index (χ4v) is 4.17. The molecule has 2 aromatic carbocycles. The summed E-state index contributed by atoms with van der Waals surface area (Å²) in [6, 6.07) is 15.6. The molecule has 4 aromatic rings. The van der Waals surface area contributed by atoms with E-state index < -0.39 is 0 Å². The average molecular weight is 453 g/mol. The molecule has 34 heavy (non-hydrogen) atoms. The lowest BCUT2D eigenvalue weighted by molar-refractivity contribution is -0.127. The molecule has 0 bridgehead atoms. The van der Waals surface area contributed by atoms with Crippen LogP contribution in [0.3, 0.4) is 0 Å². The van der Waals surface area contributed by atoms with Crippen molar-refractivity contribution in [3.05, 3.63) is 85.5 Å². The number of hydrogen-bond donors (Lipinski definition) is 1. The second-order valence-electron chi connectivity index (χ2n) is 8.11. The quantitative estimate of drug-likeness (QED) is 0.418. The Kier molecular flexibility index (Phi) is 6.11. The summed E-state index contributed by atoms with van der Waals surface area (Å²) in [5.74, 6) is 2.53. The lowest BCUT2D eigenvalue weighted by Gasteiger charge is -2.32. The highest BCUT2D eigenvalue weighted by atomic mass is 16.5. The van der Waals surface area contributed by atoms with Crippen LogP contribution in [-0.4, -0.2) is 43.8 Å². The number of carbonyl (C=O) groups excluding carboxylic acids is 1. The fraction of sp³-hybridized carbons (Fsp3) is 0.192. The number of ether oxygens (including phenoxy) is 1. The van der Waals surface area contributed by atoms with E-state index in [1.54, 1.807) is 12.4 Å². The maximum absolute atomic E-state index is 12.1. The third-order valence-electron chi connectivity index (χ3n) is 5.88. The summed E-state index contributed by atoms with van der Waals surface area (Å²) in [5.41, 5.74) is 1.97. The Labute approximate surface area is 197 Å². The molecule has 1 amide bonds. The van der Waals surface area contributed by atoms with Gasteiger partial charge in [0.2, 0.25) is 11.9 Å². The first-order valence-electron chi connectivity index (χ1n) is 11.2. The van der Waals surface area contributed by atoms with E-state index in [0.29, 0.717) is 24.1 Å². The molecule has 3 heterocycles. The number of para-hydroxylation sites is 1. The van der Waals surface area contributed by atoms with Crippen molar-refractivity contribution < 1.29 is 9.53 Å². The molecular weight excluding hydrogens is 428 g/mol. The predicted octanol–water partition coefficient (Wildman–Crippen LogP) is 4.85. The van der Waals surface area contributed by atoms with Crippen molar-refractivity contribution in [3.8, 4) is 11.5 Å². The second kappa shape index (κ2) is 9.66. The highest BCUT2D eigenvalue weighted by Gasteiger charge is 2.24. The van der Waals surface area contributed by atoms with Crippen molar-refractivity contribution in [2.75, 3.05) is 18.4 Å². The lowest BCUT2D eigenvalue weighted by atomic mass is 9.90. The maximum Gasteiger partial charge on any atom is 0.245 e. The first-order valence-corrected chi connectivity index (χ1v) is 11.2. The topological polar surface area (TPSA) is 93.1 Å². The summed E-state index contributed by atoms with van der Waals surface area (Å²) in [6.07, 6.45) is 8.12. The first kappa shape index (κ1) is 21.5. The van der Waals surface area contributed by atoms with Gasteiger partial charge in [-0.1, -0.05) is 30.8 Å². The minimum atomic E-state index is -0.0204. The van der Waals surface area contributed by atoms with E-state index >= 15 is 0 Å². The van der Waals surface area contributed by atoms with Gasteiger partial charge in [0.05, 0.1) is 17.9 Å². The zero-order valence-electron chi connectivity index (χ0n) is 18.6. The molecule has 1 fully saturated rings. The number of carbonyl (C=O) groups is 1. The van der Waals surface area contributed by atoms with Crippen LogP contribution in [0.2, 0.25) is 0 Å². The number of fused-ring (bicyclic) bond motifs is 1. The molecule has 1 aliphatic rings. The van der Waals surface area contributed by atoms with Gasteiger partial charge in [0.15, 0.2) is 5.75 Å². The number of rotatable bonds is 6. The molecule has 1 N–H and O–H groups in total. The lowest BCUT2D eigenvalue weighted by Crippen LogP contribution is -2.38. The number of likely N-dealkylation sites (tertiary alicyclic amines) is 1. The molecule has 0 spiro atoms. The Morgan fingerprint density at radius 3 is 2.68 bits per heavy atom. The minimum absolute atomic E-state index is 0.0204. The summed E-state index contributed by atoms with van der Waals surface area (Å²) in [6.45, 7) is 5.07. The van der Waals surface area contributed by atoms with Crippen molar-refractivity contribution in [1.82, 2.24) is 24.8 Å². The summed E-state index contributed by atoms with van der Waals surface area (Å²) in [5, 5.41) is 4.07. The molecule has 2 aromatic heterocycles. The van der Waals surface area contributed by atoms with Gasteiger partial charge in [0, 0.05) is 24.4 Å². The SMILES string of the molecule is C=CC(=O)N1CCCC(c2ccc3ncnc(Nc4ncc(Oc5ccccc5)cn4)c3c2)C1. The number of piperidine rings is 1. The summed E-state index contributed by atoms with van der Waals surface area (Å²) >= 11 is 0. The van der Waals surface area contributed by atoms with E-state index in [9.17, 15) is 4.79 Å². The van der Waals surface area contributed by atoms with E-state index in [4.69, 9.17) is 4.74 Å². The summed E-state index contributed by atoms with van der Waals surface area (Å²) in [7, 11) is 0. The first-order chi connectivity index (χ1) is 16.7. The molecule has 0 aliphatic carbocycles. The number of nitrogens with zero attached hydrogens (tertiary/aromatic N) is 5. The van der Waals surface area contributed by atoms with Crippen LogP contribution in [0.5, 0.6) is 11.5 Å². The van der Waals surface area contributed by atoms with Gasteiger partial charge in [-0.15, -0.1) is 0 Å². The van der Waals surface area contributed by atoms with E-state index in [1.807, 2.05) is 41.3 Å². The van der Waals surface area contributed by atoms with Gasteiger partial charge in [-0.25, -0.2) is 19.9 Å². The molecule has 1 unspecified atom stereocenters. The average Bonchev–Trinajstić information content (AvgIpc) is 2.90. The molecule has 0 saturated carbocycles. The van der Waals surface area contributed by atoms with Crippen LogP contribution in [-0.2, 0) is 4.79 Å². The number of amides is 1. The van der Waals surface area contributed by atoms with E-state index in [1.165, 1.54) is 12.4 Å². The van der Waals surface area contributed by atoms with Gasteiger partial charge >= 0.3 is 0 Å². The molecule has 1 atom stereocenters. The Bertz CT molecular complexity index is 1310. The van der Waals surface area contributed by atoms with Crippen LogP contribution in [0, 0.1) is 0 Å². The molecule has 8 nitrogen and oxygen atoms in total. The van der Waals surface area contributed by atoms with Crippen molar-refractivity contribution in [3.63, 3.8) is 0 Å². The van der Waals surface area contributed by atoms with Crippen molar-refractivity contribution in [2.24, 2.45) is 0 Å². The number of nitrogens with one attached hydrogen (secondary N) is 1. The smallest absolute Gasteiger partial charge is 0.245 e. The van der Waals surface area contributed by atoms with Crippen LogP contribution < -0.4 is 10.1 Å². The normalized spacial score (nSPS) is 15.6.